The second-order valence-electron chi connectivity index (χ2n) is 3.28. The third-order valence-electron chi connectivity index (χ3n) is 2.34. The summed E-state index contributed by atoms with van der Waals surface area (Å²) in [5.41, 5.74) is 0. The highest BCUT2D eigenvalue weighted by Gasteiger charge is 2.16. The summed E-state index contributed by atoms with van der Waals surface area (Å²) >= 11 is 3.33. The molecule has 1 N–H and O–H groups in total. The summed E-state index contributed by atoms with van der Waals surface area (Å²) in [6.07, 6.45) is 5.96. The summed E-state index contributed by atoms with van der Waals surface area (Å²) in [7, 11) is 0. The zero-order chi connectivity index (χ0) is 9.10. The molecule has 1 aliphatic heterocycles. The van der Waals surface area contributed by atoms with E-state index in [2.05, 4.69) is 31.2 Å². The molecule has 0 aromatic carbocycles. The van der Waals surface area contributed by atoms with Crippen LogP contribution in [0.2, 0.25) is 0 Å². The van der Waals surface area contributed by atoms with Crippen molar-refractivity contribution in [3.8, 4) is 0 Å². The van der Waals surface area contributed by atoms with Gasteiger partial charge < -0.3 is 5.32 Å². The first-order valence-corrected chi connectivity index (χ1v) is 5.34. The van der Waals surface area contributed by atoms with Gasteiger partial charge in [-0.3, -0.25) is 0 Å². The molecule has 3 nitrogen and oxygen atoms in total. The lowest BCUT2D eigenvalue weighted by Gasteiger charge is -2.20. The van der Waals surface area contributed by atoms with Gasteiger partial charge in [-0.1, -0.05) is 0 Å². The van der Waals surface area contributed by atoms with Gasteiger partial charge in [0.05, 0.1) is 4.47 Å². The van der Waals surface area contributed by atoms with Crippen LogP contribution in [0.25, 0.3) is 0 Å². The summed E-state index contributed by atoms with van der Waals surface area (Å²) in [6, 6.07) is 0. The van der Waals surface area contributed by atoms with Crippen LogP contribution in [0.15, 0.2) is 16.9 Å². The van der Waals surface area contributed by atoms with E-state index < -0.39 is 0 Å². The molecule has 1 saturated heterocycles. The Morgan fingerprint density at radius 1 is 1.23 bits per heavy atom. The van der Waals surface area contributed by atoms with Crippen LogP contribution in [0.5, 0.6) is 0 Å². The Morgan fingerprint density at radius 3 is 2.46 bits per heavy atom. The van der Waals surface area contributed by atoms with E-state index in [4.69, 9.17) is 0 Å². The van der Waals surface area contributed by atoms with Crippen LogP contribution < -0.4 is 5.32 Å². The molecule has 1 fully saturated rings. The first-order valence-electron chi connectivity index (χ1n) is 4.54. The Bertz CT molecular complexity index is 267. The molecule has 0 bridgehead atoms. The molecule has 0 spiro atoms. The Balaban J connectivity index is 2.10. The summed E-state index contributed by atoms with van der Waals surface area (Å²) in [5, 5.41) is 3.33. The van der Waals surface area contributed by atoms with Crippen molar-refractivity contribution in [3.63, 3.8) is 0 Å². The van der Waals surface area contributed by atoms with E-state index in [0.717, 1.165) is 36.2 Å². The van der Waals surface area contributed by atoms with E-state index in [1.165, 1.54) is 0 Å². The minimum absolute atomic E-state index is 0.550. The first kappa shape index (κ1) is 9.09. The number of nitrogens with zero attached hydrogens (tertiary/aromatic N) is 2. The van der Waals surface area contributed by atoms with Gasteiger partial charge in [-0.25, -0.2) is 9.97 Å². The SMILES string of the molecule is Brc1cnc(C2CCNCC2)nc1. The fourth-order valence-electron chi connectivity index (χ4n) is 1.61. The third kappa shape index (κ3) is 2.25. The monoisotopic (exact) mass is 241 g/mol. The standard InChI is InChI=1S/C9H12BrN3/c10-8-5-12-9(13-6-8)7-1-3-11-4-2-7/h5-7,11H,1-4H2. The maximum atomic E-state index is 4.32. The van der Waals surface area contributed by atoms with E-state index in [1.54, 1.807) is 0 Å². The van der Waals surface area contributed by atoms with Gasteiger partial charge in [0, 0.05) is 18.3 Å². The van der Waals surface area contributed by atoms with Gasteiger partial charge in [0.15, 0.2) is 0 Å². The van der Waals surface area contributed by atoms with Crippen LogP contribution in [-0.2, 0) is 0 Å². The predicted octanol–water partition coefficient (Wildman–Crippen LogP) is 1.71. The quantitative estimate of drug-likeness (QED) is 0.814. The van der Waals surface area contributed by atoms with E-state index in [-0.39, 0.29) is 0 Å². The van der Waals surface area contributed by atoms with Gasteiger partial charge in [0.25, 0.3) is 0 Å². The van der Waals surface area contributed by atoms with Crippen molar-refractivity contribution in [1.29, 1.82) is 0 Å². The number of aromatic nitrogens is 2. The van der Waals surface area contributed by atoms with Gasteiger partial charge in [-0.2, -0.15) is 0 Å². The Labute approximate surface area is 86.1 Å². The number of halogens is 1. The van der Waals surface area contributed by atoms with Crippen molar-refractivity contribution >= 4 is 15.9 Å². The summed E-state index contributed by atoms with van der Waals surface area (Å²) < 4.78 is 0.949. The van der Waals surface area contributed by atoms with Gasteiger partial charge in [-0.15, -0.1) is 0 Å². The molecule has 2 heterocycles. The Hall–Kier alpha value is -0.480. The number of nitrogens with one attached hydrogen (secondary N) is 1. The average molecular weight is 242 g/mol. The summed E-state index contributed by atoms with van der Waals surface area (Å²) in [4.78, 5) is 8.63. The van der Waals surface area contributed by atoms with Crippen molar-refractivity contribution in [2.45, 2.75) is 18.8 Å². The maximum Gasteiger partial charge on any atom is 0.131 e. The van der Waals surface area contributed by atoms with E-state index in [9.17, 15) is 0 Å². The van der Waals surface area contributed by atoms with Crippen molar-refractivity contribution in [2.24, 2.45) is 0 Å². The highest BCUT2D eigenvalue weighted by molar-refractivity contribution is 9.10. The van der Waals surface area contributed by atoms with Crippen LogP contribution in [0, 0.1) is 0 Å². The molecule has 1 aromatic rings. The largest absolute Gasteiger partial charge is 0.317 e. The summed E-state index contributed by atoms with van der Waals surface area (Å²) in [5.74, 6) is 1.54. The van der Waals surface area contributed by atoms with Crippen molar-refractivity contribution < 1.29 is 0 Å². The van der Waals surface area contributed by atoms with E-state index in [1.807, 2.05) is 12.4 Å². The molecule has 0 amide bonds. The number of hydrogen-bond acceptors (Lipinski definition) is 3. The molecule has 2 rings (SSSR count). The van der Waals surface area contributed by atoms with E-state index >= 15 is 0 Å². The lowest BCUT2D eigenvalue weighted by molar-refractivity contribution is 0.444. The predicted molar refractivity (Wildman–Crippen MR) is 54.6 cm³/mol. The minimum atomic E-state index is 0.550. The summed E-state index contributed by atoms with van der Waals surface area (Å²) in [6.45, 7) is 2.17. The average Bonchev–Trinajstić information content (AvgIpc) is 2.20. The first-order chi connectivity index (χ1) is 6.36. The molecule has 13 heavy (non-hydrogen) atoms. The van der Waals surface area contributed by atoms with Gasteiger partial charge >= 0.3 is 0 Å². The van der Waals surface area contributed by atoms with Gasteiger partial charge in [-0.05, 0) is 41.9 Å². The van der Waals surface area contributed by atoms with Crippen molar-refractivity contribution in [1.82, 2.24) is 15.3 Å². The molecule has 0 aliphatic carbocycles. The van der Waals surface area contributed by atoms with Crippen LogP contribution in [0.3, 0.4) is 0 Å². The molecular formula is C9H12BrN3. The maximum absolute atomic E-state index is 4.32. The van der Waals surface area contributed by atoms with Crippen molar-refractivity contribution in [3.05, 3.63) is 22.7 Å². The zero-order valence-electron chi connectivity index (χ0n) is 7.33. The van der Waals surface area contributed by atoms with Crippen LogP contribution >= 0.6 is 15.9 Å². The van der Waals surface area contributed by atoms with Gasteiger partial charge in [0.2, 0.25) is 0 Å². The Kier molecular flexibility index (Phi) is 2.90. The van der Waals surface area contributed by atoms with Crippen LogP contribution in [0.1, 0.15) is 24.6 Å². The van der Waals surface area contributed by atoms with Crippen molar-refractivity contribution in [2.75, 3.05) is 13.1 Å². The molecule has 0 unspecified atom stereocenters. The molecule has 4 heteroatoms. The molecule has 70 valence electrons. The highest BCUT2D eigenvalue weighted by Crippen LogP contribution is 2.21. The van der Waals surface area contributed by atoms with E-state index in [0.29, 0.717) is 5.92 Å². The molecule has 1 aromatic heterocycles. The minimum Gasteiger partial charge on any atom is -0.317 e. The fourth-order valence-corrected chi connectivity index (χ4v) is 1.82. The highest BCUT2D eigenvalue weighted by atomic mass is 79.9. The smallest absolute Gasteiger partial charge is 0.131 e. The molecule has 0 atom stereocenters. The zero-order valence-corrected chi connectivity index (χ0v) is 8.92. The molecular weight excluding hydrogens is 230 g/mol. The van der Waals surface area contributed by atoms with Crippen LogP contribution in [-0.4, -0.2) is 23.1 Å². The second-order valence-corrected chi connectivity index (χ2v) is 4.20. The van der Waals surface area contributed by atoms with Crippen LogP contribution in [0.4, 0.5) is 0 Å². The number of rotatable bonds is 1. The Morgan fingerprint density at radius 2 is 1.85 bits per heavy atom. The second kappa shape index (κ2) is 4.15. The third-order valence-corrected chi connectivity index (χ3v) is 2.75. The lowest BCUT2D eigenvalue weighted by atomic mass is 9.97. The molecule has 1 aliphatic rings. The fraction of sp³-hybridized carbons (Fsp3) is 0.556. The molecule has 0 saturated carbocycles. The lowest BCUT2D eigenvalue weighted by Crippen LogP contribution is -2.27. The van der Waals surface area contributed by atoms with Gasteiger partial charge in [0.1, 0.15) is 5.82 Å². The number of hydrogen-bond donors (Lipinski definition) is 1. The molecule has 0 radical (unpaired) electrons. The normalized spacial score (nSPS) is 18.8. The topological polar surface area (TPSA) is 37.8 Å². The number of piperidine rings is 1.